The van der Waals surface area contributed by atoms with Crippen LogP contribution in [0.25, 0.3) is 0 Å². The normalized spacial score (nSPS) is 15.1. The molecular formula is C18H21ClN4OS. The highest BCUT2D eigenvalue weighted by Crippen LogP contribution is 2.33. The Morgan fingerprint density at radius 2 is 2.12 bits per heavy atom. The van der Waals surface area contributed by atoms with Gasteiger partial charge in [0.2, 0.25) is 0 Å². The zero-order chi connectivity index (χ0) is 17.6. The molecular weight excluding hydrogens is 356 g/mol. The van der Waals surface area contributed by atoms with Gasteiger partial charge in [0.25, 0.3) is 0 Å². The molecule has 132 valence electrons. The summed E-state index contributed by atoms with van der Waals surface area (Å²) in [6, 6.07) is 8.15. The molecule has 1 aliphatic carbocycles. The van der Waals surface area contributed by atoms with Crippen LogP contribution in [0.15, 0.2) is 23.4 Å². The molecule has 25 heavy (non-hydrogen) atoms. The van der Waals surface area contributed by atoms with Gasteiger partial charge in [-0.3, -0.25) is 4.57 Å². The molecule has 7 heteroatoms. The van der Waals surface area contributed by atoms with Crippen molar-refractivity contribution in [3.8, 4) is 11.8 Å². The van der Waals surface area contributed by atoms with Crippen molar-refractivity contribution in [3.05, 3.63) is 34.6 Å². The number of hydrogen-bond acceptors (Lipinski definition) is 5. The lowest BCUT2D eigenvalue weighted by atomic mass is 9.95. The lowest BCUT2D eigenvalue weighted by Gasteiger charge is -2.25. The third kappa shape index (κ3) is 4.47. The number of hydrogen-bond donors (Lipinski definition) is 0. The average molecular weight is 377 g/mol. The molecule has 1 aliphatic rings. The Kier molecular flexibility index (Phi) is 6.22. The smallest absolute Gasteiger partial charge is 0.192 e. The first-order valence-corrected chi connectivity index (χ1v) is 9.88. The summed E-state index contributed by atoms with van der Waals surface area (Å²) in [5, 5.41) is 19.0. The summed E-state index contributed by atoms with van der Waals surface area (Å²) in [5.74, 6) is 2.00. The molecule has 0 spiro atoms. The molecule has 5 nitrogen and oxygen atoms in total. The lowest BCUT2D eigenvalue weighted by molar-refractivity contribution is 0.264. The van der Waals surface area contributed by atoms with Crippen molar-refractivity contribution in [3.63, 3.8) is 0 Å². The lowest BCUT2D eigenvalue weighted by Crippen LogP contribution is -2.18. The Morgan fingerprint density at radius 3 is 2.84 bits per heavy atom. The highest BCUT2D eigenvalue weighted by molar-refractivity contribution is 7.99. The summed E-state index contributed by atoms with van der Waals surface area (Å²) < 4.78 is 8.16. The van der Waals surface area contributed by atoms with Gasteiger partial charge in [0.15, 0.2) is 11.0 Å². The first-order valence-electron chi connectivity index (χ1n) is 8.51. The van der Waals surface area contributed by atoms with Crippen LogP contribution in [0.1, 0.15) is 49.5 Å². The van der Waals surface area contributed by atoms with E-state index in [1.807, 2.05) is 25.1 Å². The molecule has 1 saturated carbocycles. The maximum atomic E-state index is 8.88. The van der Waals surface area contributed by atoms with Gasteiger partial charge in [0.1, 0.15) is 12.4 Å². The number of halogens is 1. The van der Waals surface area contributed by atoms with E-state index < -0.39 is 0 Å². The number of nitrogens with zero attached hydrogens (tertiary/aromatic N) is 4. The van der Waals surface area contributed by atoms with E-state index in [9.17, 15) is 0 Å². The van der Waals surface area contributed by atoms with Gasteiger partial charge in [-0.1, -0.05) is 42.6 Å². The number of aromatic nitrogens is 3. The van der Waals surface area contributed by atoms with E-state index in [1.54, 1.807) is 0 Å². The number of aryl methyl sites for hydroxylation is 1. The Labute approximate surface area is 157 Å². The molecule has 0 bridgehead atoms. The van der Waals surface area contributed by atoms with Crippen LogP contribution in [0.5, 0.6) is 5.75 Å². The number of benzene rings is 1. The van der Waals surface area contributed by atoms with Crippen molar-refractivity contribution >= 4 is 23.4 Å². The van der Waals surface area contributed by atoms with Crippen LogP contribution >= 0.6 is 23.4 Å². The third-order valence-electron chi connectivity index (χ3n) is 4.43. The van der Waals surface area contributed by atoms with E-state index in [2.05, 4.69) is 20.8 Å². The molecule has 0 radical (unpaired) electrons. The van der Waals surface area contributed by atoms with Crippen LogP contribution in [0.3, 0.4) is 0 Å². The van der Waals surface area contributed by atoms with Gasteiger partial charge in [-0.25, -0.2) is 0 Å². The molecule has 3 rings (SSSR count). The van der Waals surface area contributed by atoms with E-state index in [-0.39, 0.29) is 0 Å². The van der Waals surface area contributed by atoms with E-state index >= 15 is 0 Å². The minimum atomic E-state index is 0.360. The highest BCUT2D eigenvalue weighted by atomic mass is 35.5. The molecule has 1 fully saturated rings. The van der Waals surface area contributed by atoms with Gasteiger partial charge in [-0.15, -0.1) is 10.2 Å². The maximum Gasteiger partial charge on any atom is 0.192 e. The molecule has 2 aromatic rings. The molecule has 0 amide bonds. The standard InChI is InChI=1S/C18H21ClN4OS/c1-13-11-14(19)7-8-16(13)24-12-17-21-22-18(25-10-9-20)23(17)15-5-3-2-4-6-15/h7-8,11,15H,2-6,10,12H2,1H3. The Balaban J connectivity index is 1.79. The minimum Gasteiger partial charge on any atom is -0.485 e. The van der Waals surface area contributed by atoms with E-state index in [0.717, 1.165) is 35.1 Å². The fraction of sp³-hybridized carbons (Fsp3) is 0.500. The molecule has 0 atom stereocenters. The van der Waals surface area contributed by atoms with Crippen LogP contribution in [-0.2, 0) is 6.61 Å². The fourth-order valence-electron chi connectivity index (χ4n) is 3.22. The summed E-state index contributed by atoms with van der Waals surface area (Å²) in [7, 11) is 0. The highest BCUT2D eigenvalue weighted by Gasteiger charge is 2.23. The fourth-order valence-corrected chi connectivity index (χ4v) is 4.14. The topological polar surface area (TPSA) is 63.7 Å². The van der Waals surface area contributed by atoms with Gasteiger partial charge in [-0.05, 0) is 43.5 Å². The zero-order valence-electron chi connectivity index (χ0n) is 14.2. The number of thioether (sulfide) groups is 1. The second kappa shape index (κ2) is 8.59. The van der Waals surface area contributed by atoms with Crippen LogP contribution in [0, 0.1) is 18.3 Å². The van der Waals surface area contributed by atoms with E-state index in [0.29, 0.717) is 23.4 Å². The largest absolute Gasteiger partial charge is 0.485 e. The molecule has 0 N–H and O–H groups in total. The second-order valence-electron chi connectivity index (χ2n) is 6.21. The van der Waals surface area contributed by atoms with Crippen molar-refractivity contribution in [2.75, 3.05) is 5.75 Å². The van der Waals surface area contributed by atoms with Gasteiger partial charge in [0.05, 0.1) is 11.8 Å². The predicted molar refractivity (Wildman–Crippen MR) is 99.0 cm³/mol. The maximum absolute atomic E-state index is 8.88. The molecule has 1 aromatic carbocycles. The van der Waals surface area contributed by atoms with Crippen LogP contribution < -0.4 is 4.74 Å². The second-order valence-corrected chi connectivity index (χ2v) is 7.58. The van der Waals surface area contributed by atoms with Crippen LogP contribution in [0.4, 0.5) is 0 Å². The van der Waals surface area contributed by atoms with Crippen molar-refractivity contribution in [2.45, 2.75) is 56.8 Å². The van der Waals surface area contributed by atoms with Crippen molar-refractivity contribution in [1.82, 2.24) is 14.8 Å². The summed E-state index contributed by atoms with van der Waals surface area (Å²) in [6.45, 7) is 2.33. The van der Waals surface area contributed by atoms with Gasteiger partial charge in [-0.2, -0.15) is 5.26 Å². The summed E-state index contributed by atoms with van der Waals surface area (Å²) in [4.78, 5) is 0. The molecule has 0 aliphatic heterocycles. The van der Waals surface area contributed by atoms with Crippen LogP contribution in [-0.4, -0.2) is 20.5 Å². The first kappa shape index (κ1) is 18.1. The van der Waals surface area contributed by atoms with Gasteiger partial charge >= 0.3 is 0 Å². The summed E-state index contributed by atoms with van der Waals surface area (Å²) in [5.41, 5.74) is 0.996. The Bertz CT molecular complexity index is 765. The SMILES string of the molecule is Cc1cc(Cl)ccc1OCc1nnc(SCC#N)n1C1CCCCC1. The van der Waals surface area contributed by atoms with Crippen molar-refractivity contribution in [1.29, 1.82) is 5.26 Å². The minimum absolute atomic E-state index is 0.360. The van der Waals surface area contributed by atoms with E-state index in [1.165, 1.54) is 31.0 Å². The number of ether oxygens (including phenoxy) is 1. The van der Waals surface area contributed by atoms with Gasteiger partial charge in [0, 0.05) is 11.1 Å². The summed E-state index contributed by atoms with van der Waals surface area (Å²) in [6.07, 6.45) is 5.99. The third-order valence-corrected chi connectivity index (χ3v) is 5.48. The molecule has 1 heterocycles. The number of rotatable bonds is 6. The monoisotopic (exact) mass is 376 g/mol. The zero-order valence-corrected chi connectivity index (χ0v) is 15.8. The average Bonchev–Trinajstić information content (AvgIpc) is 3.02. The van der Waals surface area contributed by atoms with Crippen molar-refractivity contribution < 1.29 is 4.74 Å². The Morgan fingerprint density at radius 1 is 1.32 bits per heavy atom. The van der Waals surface area contributed by atoms with Gasteiger partial charge < -0.3 is 4.74 Å². The number of nitriles is 1. The van der Waals surface area contributed by atoms with Crippen molar-refractivity contribution in [2.24, 2.45) is 0 Å². The summed E-state index contributed by atoms with van der Waals surface area (Å²) >= 11 is 7.45. The van der Waals surface area contributed by atoms with E-state index in [4.69, 9.17) is 21.6 Å². The Hall–Kier alpha value is -1.71. The quantitative estimate of drug-likeness (QED) is 0.668. The molecule has 1 aromatic heterocycles. The molecule has 0 saturated heterocycles. The first-order chi connectivity index (χ1) is 12.2. The molecule has 0 unspecified atom stereocenters. The van der Waals surface area contributed by atoms with Crippen LogP contribution in [0.2, 0.25) is 5.02 Å². The predicted octanol–water partition coefficient (Wildman–Crippen LogP) is 4.94.